The maximum atomic E-state index is 8.76. The number of nitrogens with zero attached hydrogens (tertiary/aromatic N) is 3. The Kier molecular flexibility index (Phi) is 3.55. The summed E-state index contributed by atoms with van der Waals surface area (Å²) in [7, 11) is 0. The lowest BCUT2D eigenvalue weighted by Crippen LogP contribution is -2.36. The molecule has 0 amide bonds. The van der Waals surface area contributed by atoms with E-state index in [2.05, 4.69) is 9.89 Å². The maximum absolute atomic E-state index is 8.76. The zero-order chi connectivity index (χ0) is 11.2. The summed E-state index contributed by atoms with van der Waals surface area (Å²) in [5.41, 5.74) is 1.03. The van der Waals surface area contributed by atoms with Crippen LogP contribution in [-0.2, 0) is 0 Å². The molecule has 3 nitrogen and oxygen atoms in total. The Hall–Kier alpha value is -1.82. The highest BCUT2D eigenvalue weighted by Gasteiger charge is 2.16. The highest BCUT2D eigenvalue weighted by Crippen LogP contribution is 2.13. The van der Waals surface area contributed by atoms with Crippen molar-refractivity contribution in [3.8, 4) is 6.19 Å². The van der Waals surface area contributed by atoms with Crippen molar-refractivity contribution in [3.05, 3.63) is 35.9 Å². The maximum Gasteiger partial charge on any atom is 0.207 e. The lowest BCUT2D eigenvalue weighted by atomic mass is 10.1. The highest BCUT2D eigenvalue weighted by atomic mass is 15.2. The van der Waals surface area contributed by atoms with E-state index in [0.717, 1.165) is 24.5 Å². The molecule has 0 saturated carbocycles. The number of likely N-dealkylation sites (tertiary alicyclic amines) is 1. The van der Waals surface area contributed by atoms with Crippen molar-refractivity contribution in [3.63, 3.8) is 0 Å². The molecule has 0 aliphatic carbocycles. The average molecular weight is 213 g/mol. The molecule has 0 radical (unpaired) electrons. The topological polar surface area (TPSA) is 39.4 Å². The van der Waals surface area contributed by atoms with Crippen LogP contribution >= 0.6 is 0 Å². The molecule has 0 bridgehead atoms. The third-order valence-corrected chi connectivity index (χ3v) is 2.84. The van der Waals surface area contributed by atoms with Gasteiger partial charge in [-0.05, 0) is 19.3 Å². The first kappa shape index (κ1) is 10.7. The Balaban J connectivity index is 2.24. The quantitative estimate of drug-likeness (QED) is 0.408. The molecule has 16 heavy (non-hydrogen) atoms. The van der Waals surface area contributed by atoms with Gasteiger partial charge in [-0.2, -0.15) is 10.3 Å². The summed E-state index contributed by atoms with van der Waals surface area (Å²) in [4.78, 5) is 6.18. The van der Waals surface area contributed by atoms with E-state index in [1.165, 1.54) is 19.3 Å². The predicted molar refractivity (Wildman–Crippen MR) is 64.0 cm³/mol. The minimum atomic E-state index is 0.822. The number of hydrogen-bond acceptors (Lipinski definition) is 2. The number of benzene rings is 1. The monoisotopic (exact) mass is 213 g/mol. The van der Waals surface area contributed by atoms with Gasteiger partial charge in [0.25, 0.3) is 0 Å². The van der Waals surface area contributed by atoms with Crippen molar-refractivity contribution in [2.24, 2.45) is 4.99 Å². The van der Waals surface area contributed by atoms with E-state index in [1.54, 1.807) is 0 Å². The van der Waals surface area contributed by atoms with Crippen LogP contribution in [0.5, 0.6) is 0 Å². The van der Waals surface area contributed by atoms with Crippen LogP contribution in [0.2, 0.25) is 0 Å². The number of piperidine rings is 1. The zero-order valence-corrected chi connectivity index (χ0v) is 9.26. The third-order valence-electron chi connectivity index (χ3n) is 2.84. The molecule has 2 rings (SSSR count). The molecule has 1 heterocycles. The average Bonchev–Trinajstić information content (AvgIpc) is 2.38. The SMILES string of the molecule is N#C/N=C(\c1ccccc1)N1CCCCC1. The van der Waals surface area contributed by atoms with Gasteiger partial charge in [0.05, 0.1) is 0 Å². The summed E-state index contributed by atoms with van der Waals surface area (Å²) < 4.78 is 0. The first-order chi connectivity index (χ1) is 7.92. The van der Waals surface area contributed by atoms with Gasteiger partial charge in [0.15, 0.2) is 0 Å². The van der Waals surface area contributed by atoms with Crippen molar-refractivity contribution in [1.29, 1.82) is 5.26 Å². The normalized spacial score (nSPS) is 16.9. The minimum absolute atomic E-state index is 0.822. The molecular formula is C13H15N3. The molecule has 0 aromatic heterocycles. The van der Waals surface area contributed by atoms with Gasteiger partial charge in [0.1, 0.15) is 5.84 Å². The van der Waals surface area contributed by atoms with Crippen LogP contribution in [0.15, 0.2) is 35.3 Å². The molecule has 3 heteroatoms. The molecule has 1 aromatic rings. The summed E-state index contributed by atoms with van der Waals surface area (Å²) >= 11 is 0. The van der Waals surface area contributed by atoms with E-state index in [1.807, 2.05) is 36.5 Å². The van der Waals surface area contributed by atoms with Crippen LogP contribution in [0.3, 0.4) is 0 Å². The molecular weight excluding hydrogens is 198 g/mol. The Morgan fingerprint density at radius 1 is 1.12 bits per heavy atom. The van der Waals surface area contributed by atoms with Crippen LogP contribution in [-0.4, -0.2) is 23.8 Å². The Morgan fingerprint density at radius 2 is 1.81 bits per heavy atom. The van der Waals surface area contributed by atoms with E-state index in [4.69, 9.17) is 5.26 Å². The van der Waals surface area contributed by atoms with Crippen molar-refractivity contribution in [1.82, 2.24) is 4.90 Å². The molecule has 1 saturated heterocycles. The summed E-state index contributed by atoms with van der Waals surface area (Å²) in [5, 5.41) is 8.76. The fraction of sp³-hybridized carbons (Fsp3) is 0.385. The smallest absolute Gasteiger partial charge is 0.207 e. The van der Waals surface area contributed by atoms with Gasteiger partial charge < -0.3 is 4.90 Å². The largest absolute Gasteiger partial charge is 0.355 e. The van der Waals surface area contributed by atoms with Crippen LogP contribution in [0.1, 0.15) is 24.8 Å². The minimum Gasteiger partial charge on any atom is -0.355 e. The van der Waals surface area contributed by atoms with Crippen molar-refractivity contribution < 1.29 is 0 Å². The van der Waals surface area contributed by atoms with Crippen LogP contribution in [0, 0.1) is 11.5 Å². The first-order valence-corrected chi connectivity index (χ1v) is 5.69. The number of nitriles is 1. The van der Waals surface area contributed by atoms with Crippen molar-refractivity contribution in [2.45, 2.75) is 19.3 Å². The standard InChI is InChI=1S/C13H15N3/c14-11-15-13(12-7-3-1-4-8-12)16-9-5-2-6-10-16/h1,3-4,7-8H,2,5-6,9-10H2/b15-13+. The Bertz CT molecular complexity index is 397. The van der Waals surface area contributed by atoms with Gasteiger partial charge >= 0.3 is 0 Å². The van der Waals surface area contributed by atoms with Gasteiger partial charge in [0.2, 0.25) is 6.19 Å². The van der Waals surface area contributed by atoms with Crippen LogP contribution in [0.25, 0.3) is 0 Å². The summed E-state index contributed by atoms with van der Waals surface area (Å²) in [6, 6.07) is 9.94. The van der Waals surface area contributed by atoms with Crippen molar-refractivity contribution >= 4 is 5.84 Å². The van der Waals surface area contributed by atoms with E-state index in [-0.39, 0.29) is 0 Å². The third kappa shape index (κ3) is 2.40. The number of amidine groups is 1. The summed E-state index contributed by atoms with van der Waals surface area (Å²) in [5.74, 6) is 0.822. The molecule has 0 unspecified atom stereocenters. The second-order valence-electron chi connectivity index (χ2n) is 3.95. The van der Waals surface area contributed by atoms with Gasteiger partial charge in [-0.3, -0.25) is 0 Å². The Morgan fingerprint density at radius 3 is 2.44 bits per heavy atom. The second-order valence-corrected chi connectivity index (χ2v) is 3.95. The van der Waals surface area contributed by atoms with Crippen LogP contribution in [0.4, 0.5) is 0 Å². The second kappa shape index (κ2) is 5.32. The highest BCUT2D eigenvalue weighted by molar-refractivity contribution is 5.99. The molecule has 1 fully saturated rings. The lowest BCUT2D eigenvalue weighted by Gasteiger charge is -2.29. The van der Waals surface area contributed by atoms with E-state index in [0.29, 0.717) is 0 Å². The van der Waals surface area contributed by atoms with Crippen molar-refractivity contribution in [2.75, 3.05) is 13.1 Å². The van der Waals surface area contributed by atoms with Gasteiger partial charge in [0, 0.05) is 18.7 Å². The number of rotatable bonds is 1. The lowest BCUT2D eigenvalue weighted by molar-refractivity contribution is 0.343. The van der Waals surface area contributed by atoms with E-state index >= 15 is 0 Å². The molecule has 0 N–H and O–H groups in total. The molecule has 1 aliphatic rings. The summed E-state index contributed by atoms with van der Waals surface area (Å²) in [6.07, 6.45) is 5.58. The molecule has 1 aliphatic heterocycles. The number of hydrogen-bond donors (Lipinski definition) is 0. The molecule has 0 spiro atoms. The molecule has 82 valence electrons. The first-order valence-electron chi connectivity index (χ1n) is 5.69. The molecule has 0 atom stereocenters. The van der Waals surface area contributed by atoms with E-state index < -0.39 is 0 Å². The summed E-state index contributed by atoms with van der Waals surface area (Å²) in [6.45, 7) is 2.02. The predicted octanol–water partition coefficient (Wildman–Crippen LogP) is 2.40. The van der Waals surface area contributed by atoms with E-state index in [9.17, 15) is 0 Å². The fourth-order valence-electron chi connectivity index (χ4n) is 2.06. The zero-order valence-electron chi connectivity index (χ0n) is 9.26. The Labute approximate surface area is 96.0 Å². The van der Waals surface area contributed by atoms with Gasteiger partial charge in [-0.25, -0.2) is 0 Å². The van der Waals surface area contributed by atoms with Gasteiger partial charge in [-0.1, -0.05) is 30.3 Å². The van der Waals surface area contributed by atoms with Gasteiger partial charge in [-0.15, -0.1) is 0 Å². The fourth-order valence-corrected chi connectivity index (χ4v) is 2.06. The van der Waals surface area contributed by atoms with Crippen LogP contribution < -0.4 is 0 Å². The molecule has 1 aromatic carbocycles. The number of aliphatic imine (C=N–C) groups is 1.